The maximum absolute atomic E-state index is 13.0. The first-order chi connectivity index (χ1) is 12.2. The molecule has 0 radical (unpaired) electrons. The van der Waals surface area contributed by atoms with Crippen LogP contribution in [0.1, 0.15) is 24.2 Å². The highest BCUT2D eigenvalue weighted by molar-refractivity contribution is 7.80. The summed E-state index contributed by atoms with van der Waals surface area (Å²) in [7, 11) is 0. The van der Waals surface area contributed by atoms with Crippen molar-refractivity contribution in [2.45, 2.75) is 19.4 Å². The van der Waals surface area contributed by atoms with Crippen LogP contribution >= 0.6 is 12.2 Å². The van der Waals surface area contributed by atoms with Crippen LogP contribution in [0.3, 0.4) is 0 Å². The van der Waals surface area contributed by atoms with Gasteiger partial charge in [0.15, 0.2) is 5.11 Å². The number of nitrogens with zero attached hydrogens (tertiary/aromatic N) is 3. The molecule has 0 atom stereocenters. The third kappa shape index (κ3) is 4.65. The lowest BCUT2D eigenvalue weighted by atomic mass is 10.3. The van der Waals surface area contributed by atoms with Crippen molar-refractivity contribution in [1.82, 2.24) is 15.2 Å². The molecular formula is C14H12F5N5OS. The van der Waals surface area contributed by atoms with Gasteiger partial charge in [-0.25, -0.2) is 27.0 Å². The summed E-state index contributed by atoms with van der Waals surface area (Å²) in [5, 5.41) is 3.90. The summed E-state index contributed by atoms with van der Waals surface area (Å²) >= 11 is 4.77. The number of anilines is 1. The van der Waals surface area contributed by atoms with Gasteiger partial charge < -0.3 is 5.73 Å². The Morgan fingerprint density at radius 2 is 1.85 bits per heavy atom. The van der Waals surface area contributed by atoms with E-state index in [-0.39, 0.29) is 10.8 Å². The van der Waals surface area contributed by atoms with Gasteiger partial charge in [-0.1, -0.05) is 0 Å². The zero-order chi connectivity index (χ0) is 19.4. The Bertz CT molecular complexity index is 796. The van der Waals surface area contributed by atoms with E-state index in [0.717, 1.165) is 17.1 Å². The van der Waals surface area contributed by atoms with Crippen molar-refractivity contribution < 1.29 is 26.7 Å². The number of carbonyl (C=O) groups excluding carboxylic acids is 1. The minimum absolute atomic E-state index is 0.204. The molecule has 1 aromatic carbocycles. The predicted octanol–water partition coefficient (Wildman–Crippen LogP) is 2.68. The molecule has 0 aliphatic heterocycles. The van der Waals surface area contributed by atoms with Gasteiger partial charge in [0.2, 0.25) is 0 Å². The molecule has 1 heterocycles. The minimum atomic E-state index is -3.11. The summed E-state index contributed by atoms with van der Waals surface area (Å²) in [6.45, 7) is -0.785. The number of benzene rings is 1. The van der Waals surface area contributed by atoms with Crippen molar-refractivity contribution in [3.05, 3.63) is 47.5 Å². The van der Waals surface area contributed by atoms with Crippen molar-refractivity contribution in [2.24, 2.45) is 5.73 Å². The lowest BCUT2D eigenvalue weighted by Crippen LogP contribution is -2.50. The topological polar surface area (TPSA) is 76.2 Å². The van der Waals surface area contributed by atoms with E-state index < -0.39 is 42.5 Å². The van der Waals surface area contributed by atoms with E-state index in [1.54, 1.807) is 0 Å². The van der Waals surface area contributed by atoms with Crippen LogP contribution in [0.25, 0.3) is 0 Å². The van der Waals surface area contributed by atoms with Crippen molar-refractivity contribution in [3.63, 3.8) is 0 Å². The number of nitrogens with two attached hydrogens (primary N) is 1. The normalized spacial score (nSPS) is 11.0. The van der Waals surface area contributed by atoms with E-state index in [0.29, 0.717) is 10.7 Å². The van der Waals surface area contributed by atoms with Gasteiger partial charge in [0.25, 0.3) is 18.8 Å². The fourth-order valence-corrected chi connectivity index (χ4v) is 2.15. The number of aromatic nitrogens is 2. The molecule has 0 bridgehead atoms. The number of hydrogen-bond acceptors (Lipinski definition) is 3. The number of rotatable bonds is 5. The summed E-state index contributed by atoms with van der Waals surface area (Å²) in [6.07, 6.45) is -6.17. The van der Waals surface area contributed by atoms with Crippen LogP contribution in [-0.4, -0.2) is 20.8 Å². The Balaban J connectivity index is 2.18. The second-order valence-corrected chi connectivity index (χ2v) is 5.36. The summed E-state index contributed by atoms with van der Waals surface area (Å²) < 4.78 is 64.6. The fraction of sp³-hybridized carbons (Fsp3) is 0.214. The zero-order valence-corrected chi connectivity index (χ0v) is 13.7. The number of amides is 1. The van der Waals surface area contributed by atoms with Gasteiger partial charge in [-0.2, -0.15) is 5.10 Å². The molecule has 0 aliphatic rings. The van der Waals surface area contributed by atoms with E-state index in [2.05, 4.69) is 10.5 Å². The number of alkyl halides is 4. The van der Waals surface area contributed by atoms with Crippen molar-refractivity contribution >= 4 is 28.9 Å². The monoisotopic (exact) mass is 393 g/mol. The van der Waals surface area contributed by atoms with Crippen LogP contribution in [0.15, 0.2) is 30.3 Å². The van der Waals surface area contributed by atoms with Gasteiger partial charge in [0.1, 0.15) is 23.7 Å². The Morgan fingerprint density at radius 3 is 2.35 bits per heavy atom. The lowest BCUT2D eigenvalue weighted by Gasteiger charge is -2.23. The molecule has 3 N–H and O–H groups in total. The van der Waals surface area contributed by atoms with Crippen LogP contribution in [0, 0.1) is 5.82 Å². The molecule has 12 heteroatoms. The quantitative estimate of drug-likeness (QED) is 0.464. The molecule has 0 saturated carbocycles. The largest absolute Gasteiger partial charge is 0.374 e. The molecule has 6 nitrogen and oxygen atoms in total. The van der Waals surface area contributed by atoms with Gasteiger partial charge in [-0.15, -0.1) is 0 Å². The second kappa shape index (κ2) is 8.08. The molecule has 0 saturated heterocycles. The standard InChI is InChI=1S/C14H12F5N5OS/c15-7-1-3-8(4-2-7)24(14(20)26)22-11(25)6-23-10(13(18)19)5-9(21-23)12(16)17/h1-5,12-13H,6H2,(H2,20,26)(H,22,25). The molecule has 140 valence electrons. The zero-order valence-electron chi connectivity index (χ0n) is 12.9. The smallest absolute Gasteiger partial charge is 0.282 e. The van der Waals surface area contributed by atoms with Gasteiger partial charge >= 0.3 is 0 Å². The number of hydrazine groups is 1. The number of halogens is 5. The Morgan fingerprint density at radius 1 is 1.23 bits per heavy atom. The first kappa shape index (κ1) is 19.6. The van der Waals surface area contributed by atoms with E-state index in [4.69, 9.17) is 18.0 Å². The summed E-state index contributed by atoms with van der Waals surface area (Å²) in [6, 6.07) is 5.23. The lowest BCUT2D eigenvalue weighted by molar-refractivity contribution is -0.121. The molecule has 2 aromatic rings. The summed E-state index contributed by atoms with van der Waals surface area (Å²) in [5.41, 5.74) is 6.19. The molecule has 26 heavy (non-hydrogen) atoms. The van der Waals surface area contributed by atoms with Gasteiger partial charge in [0, 0.05) is 0 Å². The highest BCUT2D eigenvalue weighted by Crippen LogP contribution is 2.25. The third-order valence-corrected chi connectivity index (χ3v) is 3.29. The Kier molecular flexibility index (Phi) is 6.08. The molecule has 0 spiro atoms. The molecule has 0 fully saturated rings. The highest BCUT2D eigenvalue weighted by atomic mass is 32.1. The van der Waals surface area contributed by atoms with Crippen LogP contribution in [0.4, 0.5) is 27.6 Å². The van der Waals surface area contributed by atoms with Crippen LogP contribution < -0.4 is 16.2 Å². The SMILES string of the molecule is NC(=S)N(NC(=O)Cn1nc(C(F)F)cc1C(F)F)c1ccc(F)cc1. The molecule has 1 amide bonds. The number of thiocarbonyl (C=S) groups is 1. The summed E-state index contributed by atoms with van der Waals surface area (Å²) in [4.78, 5) is 12.1. The molecule has 0 unspecified atom stereocenters. The Hall–Kier alpha value is -2.76. The second-order valence-electron chi connectivity index (χ2n) is 4.94. The molecule has 2 rings (SSSR count). The Labute approximate surface area is 149 Å². The number of carbonyl (C=O) groups is 1. The van der Waals surface area contributed by atoms with E-state index >= 15 is 0 Å². The maximum Gasteiger partial charge on any atom is 0.282 e. The van der Waals surface area contributed by atoms with E-state index in [1.807, 2.05) is 0 Å². The van der Waals surface area contributed by atoms with Crippen molar-refractivity contribution in [1.29, 1.82) is 0 Å². The van der Waals surface area contributed by atoms with Crippen LogP contribution in [0.5, 0.6) is 0 Å². The van der Waals surface area contributed by atoms with Crippen LogP contribution in [0.2, 0.25) is 0 Å². The minimum Gasteiger partial charge on any atom is -0.374 e. The van der Waals surface area contributed by atoms with E-state index in [1.165, 1.54) is 12.1 Å². The summed E-state index contributed by atoms with van der Waals surface area (Å²) in [5.74, 6) is -1.45. The van der Waals surface area contributed by atoms with Gasteiger partial charge in [-0.05, 0) is 42.5 Å². The molecule has 1 aromatic heterocycles. The van der Waals surface area contributed by atoms with Crippen molar-refractivity contribution in [3.8, 4) is 0 Å². The number of hydrogen-bond donors (Lipinski definition) is 2. The third-order valence-electron chi connectivity index (χ3n) is 3.11. The van der Waals surface area contributed by atoms with Gasteiger partial charge in [0.05, 0.1) is 5.69 Å². The highest BCUT2D eigenvalue weighted by Gasteiger charge is 2.23. The molecular weight excluding hydrogens is 381 g/mol. The fourth-order valence-electron chi connectivity index (χ4n) is 1.99. The first-order valence-electron chi connectivity index (χ1n) is 6.97. The maximum atomic E-state index is 13.0. The van der Waals surface area contributed by atoms with Gasteiger partial charge in [-0.3, -0.25) is 14.9 Å². The van der Waals surface area contributed by atoms with E-state index in [9.17, 15) is 26.7 Å². The van der Waals surface area contributed by atoms with Crippen LogP contribution in [-0.2, 0) is 11.3 Å². The van der Waals surface area contributed by atoms with Crippen molar-refractivity contribution in [2.75, 3.05) is 5.01 Å². The average molecular weight is 393 g/mol. The molecule has 0 aliphatic carbocycles. The average Bonchev–Trinajstić information content (AvgIpc) is 2.97. The predicted molar refractivity (Wildman–Crippen MR) is 85.9 cm³/mol. The number of nitrogens with one attached hydrogen (secondary N) is 1. The first-order valence-corrected chi connectivity index (χ1v) is 7.38.